The fraction of sp³-hybridized carbons (Fsp3) is 0.261. The van der Waals surface area contributed by atoms with E-state index in [0.29, 0.717) is 22.0 Å². The van der Waals surface area contributed by atoms with Gasteiger partial charge in [0, 0.05) is 24.7 Å². The van der Waals surface area contributed by atoms with E-state index in [4.69, 9.17) is 16.3 Å². The number of halogens is 1. The molecule has 1 heterocycles. The predicted octanol–water partition coefficient (Wildman–Crippen LogP) is 3.63. The van der Waals surface area contributed by atoms with Gasteiger partial charge in [0.25, 0.3) is 11.1 Å². The molecule has 1 saturated heterocycles. The number of imide groups is 1. The lowest BCUT2D eigenvalue weighted by Gasteiger charge is -2.18. The van der Waals surface area contributed by atoms with Gasteiger partial charge in [-0.25, -0.2) is 0 Å². The maximum absolute atomic E-state index is 12.6. The average molecular weight is 474 g/mol. The molecule has 168 valence electrons. The molecule has 3 amide bonds. The smallest absolute Gasteiger partial charge is 0.293 e. The molecule has 9 heteroatoms. The number of likely N-dealkylation sites (N-methyl/N-ethyl adjacent to an activating group) is 1. The topological polar surface area (TPSA) is 79.0 Å². The third-order valence-electron chi connectivity index (χ3n) is 4.72. The number of methoxy groups -OCH3 is 1. The van der Waals surface area contributed by atoms with E-state index in [9.17, 15) is 14.4 Å². The second-order valence-electron chi connectivity index (χ2n) is 7.23. The van der Waals surface area contributed by atoms with Crippen molar-refractivity contribution in [1.82, 2.24) is 15.1 Å². The Morgan fingerprint density at radius 2 is 2.00 bits per heavy atom. The van der Waals surface area contributed by atoms with Gasteiger partial charge in [-0.1, -0.05) is 41.9 Å². The molecule has 0 bridgehead atoms. The Hall–Kier alpha value is -2.81. The molecule has 0 atom stereocenters. The molecule has 0 spiro atoms. The summed E-state index contributed by atoms with van der Waals surface area (Å²) in [7, 11) is 3.45. The molecule has 1 aliphatic rings. The Balaban J connectivity index is 1.47. The zero-order valence-electron chi connectivity index (χ0n) is 17.8. The van der Waals surface area contributed by atoms with Gasteiger partial charge in [-0.2, -0.15) is 0 Å². The van der Waals surface area contributed by atoms with Crippen LogP contribution >= 0.6 is 23.4 Å². The summed E-state index contributed by atoms with van der Waals surface area (Å²) >= 11 is 7.00. The van der Waals surface area contributed by atoms with Crippen LogP contribution in [0.1, 0.15) is 11.1 Å². The van der Waals surface area contributed by atoms with Crippen molar-refractivity contribution in [2.75, 3.05) is 33.8 Å². The molecule has 1 aliphatic heterocycles. The highest BCUT2D eigenvalue weighted by Crippen LogP contribution is 2.33. The molecule has 0 unspecified atom stereocenters. The number of ether oxygens (including phenoxy) is 1. The first-order valence-electron chi connectivity index (χ1n) is 9.95. The quantitative estimate of drug-likeness (QED) is 0.560. The molecule has 2 aromatic rings. The van der Waals surface area contributed by atoms with Crippen LogP contribution in [0.25, 0.3) is 6.08 Å². The normalized spacial score (nSPS) is 15.0. The lowest BCUT2D eigenvalue weighted by atomic mass is 10.2. The van der Waals surface area contributed by atoms with Crippen LogP contribution in [-0.2, 0) is 16.1 Å². The van der Waals surface area contributed by atoms with E-state index < -0.39 is 0 Å². The van der Waals surface area contributed by atoms with Gasteiger partial charge in [0.2, 0.25) is 5.91 Å². The van der Waals surface area contributed by atoms with Gasteiger partial charge >= 0.3 is 0 Å². The molecule has 0 aromatic heterocycles. The molecule has 0 radical (unpaired) electrons. The van der Waals surface area contributed by atoms with Crippen molar-refractivity contribution < 1.29 is 19.1 Å². The van der Waals surface area contributed by atoms with Crippen LogP contribution in [-0.4, -0.2) is 60.6 Å². The van der Waals surface area contributed by atoms with Crippen molar-refractivity contribution in [2.45, 2.75) is 6.54 Å². The third-order valence-corrected chi connectivity index (χ3v) is 5.97. The fourth-order valence-electron chi connectivity index (χ4n) is 3.17. The van der Waals surface area contributed by atoms with E-state index in [2.05, 4.69) is 5.32 Å². The molecule has 3 rings (SSSR count). The molecule has 1 N–H and O–H groups in total. The standard InChI is InChI=1S/C23H24ClN3O4S/c1-26(14-16-6-5-8-18(12-16)31-2)15-21(28)25-10-11-27-22(29)20(32-23(27)30)13-17-7-3-4-9-19(17)24/h3-9,12-13H,10-11,14-15H2,1-2H3,(H,25,28)/b20-13-. The second-order valence-corrected chi connectivity index (χ2v) is 8.63. The predicted molar refractivity (Wildman–Crippen MR) is 126 cm³/mol. The van der Waals surface area contributed by atoms with Crippen LogP contribution in [0.2, 0.25) is 5.02 Å². The molecule has 32 heavy (non-hydrogen) atoms. The fourth-order valence-corrected chi connectivity index (χ4v) is 4.22. The minimum absolute atomic E-state index is 0.107. The number of nitrogens with one attached hydrogen (secondary N) is 1. The van der Waals surface area contributed by atoms with Crippen molar-refractivity contribution in [3.8, 4) is 5.75 Å². The Kier molecular flexibility index (Phi) is 8.33. The highest BCUT2D eigenvalue weighted by molar-refractivity contribution is 8.18. The maximum Gasteiger partial charge on any atom is 0.293 e. The van der Waals surface area contributed by atoms with Crippen molar-refractivity contribution in [2.24, 2.45) is 0 Å². The van der Waals surface area contributed by atoms with Gasteiger partial charge in [-0.15, -0.1) is 0 Å². The monoisotopic (exact) mass is 473 g/mol. The molecule has 0 aliphatic carbocycles. The minimum atomic E-state index is -0.385. The van der Waals surface area contributed by atoms with E-state index in [1.165, 1.54) is 0 Å². The summed E-state index contributed by atoms with van der Waals surface area (Å²) < 4.78 is 5.21. The molecule has 1 fully saturated rings. The number of benzene rings is 2. The first kappa shape index (κ1) is 23.8. The number of carbonyl (C=O) groups is 3. The largest absolute Gasteiger partial charge is 0.497 e. The number of amides is 3. The minimum Gasteiger partial charge on any atom is -0.497 e. The first-order valence-corrected chi connectivity index (χ1v) is 11.1. The molecule has 0 saturated carbocycles. The second kappa shape index (κ2) is 11.2. The number of rotatable bonds is 9. The zero-order chi connectivity index (χ0) is 23.1. The van der Waals surface area contributed by atoms with Gasteiger partial charge in [0.1, 0.15) is 5.75 Å². The van der Waals surface area contributed by atoms with Gasteiger partial charge in [-0.05, 0) is 54.2 Å². The Bertz CT molecular complexity index is 1040. The van der Waals surface area contributed by atoms with Crippen molar-refractivity contribution in [1.29, 1.82) is 0 Å². The first-order chi connectivity index (χ1) is 15.4. The van der Waals surface area contributed by atoms with Crippen molar-refractivity contribution in [3.05, 3.63) is 69.6 Å². The van der Waals surface area contributed by atoms with Gasteiger partial charge < -0.3 is 10.1 Å². The zero-order valence-corrected chi connectivity index (χ0v) is 19.4. The van der Waals surface area contributed by atoms with Crippen molar-refractivity contribution in [3.63, 3.8) is 0 Å². The van der Waals surface area contributed by atoms with E-state index in [1.54, 1.807) is 31.4 Å². The van der Waals surface area contributed by atoms with Gasteiger partial charge in [-0.3, -0.25) is 24.2 Å². The lowest BCUT2D eigenvalue weighted by Crippen LogP contribution is -2.40. The number of carbonyl (C=O) groups excluding carboxylic acids is 3. The summed E-state index contributed by atoms with van der Waals surface area (Å²) in [5, 5.41) is 2.90. The van der Waals surface area contributed by atoms with Crippen LogP contribution in [0.15, 0.2) is 53.4 Å². The summed E-state index contributed by atoms with van der Waals surface area (Å²) in [6.07, 6.45) is 1.61. The molecule has 7 nitrogen and oxygen atoms in total. The van der Waals surface area contributed by atoms with E-state index in [-0.39, 0.29) is 36.7 Å². The average Bonchev–Trinajstić information content (AvgIpc) is 3.02. The van der Waals surface area contributed by atoms with Crippen molar-refractivity contribution >= 4 is 46.5 Å². The highest BCUT2D eigenvalue weighted by Gasteiger charge is 2.34. The summed E-state index contributed by atoms with van der Waals surface area (Å²) in [6, 6.07) is 14.8. The number of thioether (sulfide) groups is 1. The van der Waals surface area contributed by atoms with Crippen LogP contribution < -0.4 is 10.1 Å². The summed E-state index contributed by atoms with van der Waals surface area (Å²) in [4.78, 5) is 40.4. The van der Waals surface area contributed by atoms with E-state index in [0.717, 1.165) is 28.0 Å². The lowest BCUT2D eigenvalue weighted by molar-refractivity contribution is -0.124. The summed E-state index contributed by atoms with van der Waals surface area (Å²) in [5.41, 5.74) is 1.70. The SMILES string of the molecule is COc1cccc(CN(C)CC(=O)NCCN2C(=O)S/C(=C\c3ccccc3Cl)C2=O)c1. The van der Waals surface area contributed by atoms with Gasteiger partial charge in [0.05, 0.1) is 18.6 Å². The Morgan fingerprint density at radius 1 is 1.22 bits per heavy atom. The Labute approximate surface area is 196 Å². The number of hydrogen-bond acceptors (Lipinski definition) is 6. The van der Waals surface area contributed by atoms with Crippen LogP contribution in [0.4, 0.5) is 4.79 Å². The number of nitrogens with zero attached hydrogens (tertiary/aromatic N) is 2. The van der Waals surface area contributed by atoms with E-state index >= 15 is 0 Å². The maximum atomic E-state index is 12.6. The highest BCUT2D eigenvalue weighted by atomic mass is 35.5. The summed E-state index contributed by atoms with van der Waals surface area (Å²) in [5.74, 6) is 0.194. The summed E-state index contributed by atoms with van der Waals surface area (Å²) in [6.45, 7) is 1.06. The number of hydrogen-bond donors (Lipinski definition) is 1. The molecular weight excluding hydrogens is 450 g/mol. The Morgan fingerprint density at radius 3 is 2.75 bits per heavy atom. The van der Waals surface area contributed by atoms with Gasteiger partial charge in [0.15, 0.2) is 0 Å². The van der Waals surface area contributed by atoms with Crippen LogP contribution in [0.5, 0.6) is 5.75 Å². The van der Waals surface area contributed by atoms with Crippen LogP contribution in [0.3, 0.4) is 0 Å². The van der Waals surface area contributed by atoms with E-state index in [1.807, 2.05) is 42.3 Å². The molecule has 2 aromatic carbocycles. The van der Waals surface area contributed by atoms with Crippen LogP contribution in [0, 0.1) is 0 Å². The molecular formula is C23H24ClN3O4S. The third kappa shape index (κ3) is 6.35.